The summed E-state index contributed by atoms with van der Waals surface area (Å²) in [7, 11) is 1.85. The van der Waals surface area contributed by atoms with Gasteiger partial charge in [0.05, 0.1) is 0 Å². The lowest BCUT2D eigenvalue weighted by Gasteiger charge is -2.22. The molecule has 24 heavy (non-hydrogen) atoms. The largest absolute Gasteiger partial charge is 0.352 e. The number of benzene rings is 1. The first-order valence-corrected chi connectivity index (χ1v) is 8.83. The van der Waals surface area contributed by atoms with Gasteiger partial charge in [-0.1, -0.05) is 38.1 Å². The summed E-state index contributed by atoms with van der Waals surface area (Å²) >= 11 is 0. The quantitative estimate of drug-likeness (QED) is 0.416. The van der Waals surface area contributed by atoms with Crippen LogP contribution >= 0.6 is 24.0 Å². The molecule has 2 rings (SSSR count). The monoisotopic (exact) mass is 444 g/mol. The molecule has 0 radical (unpaired) electrons. The van der Waals surface area contributed by atoms with Gasteiger partial charge in [0.25, 0.3) is 0 Å². The molecule has 5 heteroatoms. The molecular formula is C19H33IN4. The molecule has 2 unspecified atom stereocenters. The average Bonchev–Trinajstić information content (AvgIpc) is 2.92. The molecule has 1 saturated heterocycles. The van der Waals surface area contributed by atoms with E-state index in [0.717, 1.165) is 32.0 Å². The van der Waals surface area contributed by atoms with Gasteiger partial charge in [0, 0.05) is 38.8 Å². The van der Waals surface area contributed by atoms with E-state index >= 15 is 0 Å². The third-order valence-electron chi connectivity index (χ3n) is 4.86. The van der Waals surface area contributed by atoms with Crippen molar-refractivity contribution in [3.8, 4) is 0 Å². The van der Waals surface area contributed by atoms with Crippen molar-refractivity contribution in [1.82, 2.24) is 15.5 Å². The maximum atomic E-state index is 4.40. The van der Waals surface area contributed by atoms with Crippen molar-refractivity contribution in [2.45, 2.75) is 52.7 Å². The van der Waals surface area contributed by atoms with Gasteiger partial charge in [0.2, 0.25) is 0 Å². The molecule has 1 aliphatic heterocycles. The number of rotatable bonds is 5. The Hall–Kier alpha value is -0.820. The van der Waals surface area contributed by atoms with Crippen molar-refractivity contribution in [2.75, 3.05) is 20.1 Å². The van der Waals surface area contributed by atoms with E-state index in [4.69, 9.17) is 0 Å². The molecule has 4 nitrogen and oxygen atoms in total. The van der Waals surface area contributed by atoms with Gasteiger partial charge in [-0.25, -0.2) is 0 Å². The van der Waals surface area contributed by atoms with Crippen LogP contribution in [-0.2, 0) is 13.0 Å². The standard InChI is InChI=1S/C19H32N4.HI/c1-6-16-9-7-8-10-17(16)11-21-19(20-5)22-18-13-23(14(2)3)12-15(18)4;/h7-10,14-15,18H,6,11-13H2,1-5H3,(H2,20,21,22);1H. The Balaban J connectivity index is 0.00000288. The van der Waals surface area contributed by atoms with Gasteiger partial charge >= 0.3 is 0 Å². The molecule has 2 atom stereocenters. The number of aliphatic imine (C=N–C) groups is 1. The maximum Gasteiger partial charge on any atom is 0.191 e. The molecule has 0 spiro atoms. The minimum atomic E-state index is 0. The van der Waals surface area contributed by atoms with E-state index in [1.807, 2.05) is 7.05 Å². The van der Waals surface area contributed by atoms with E-state index in [1.165, 1.54) is 11.1 Å². The highest BCUT2D eigenvalue weighted by Crippen LogP contribution is 2.18. The second kappa shape index (κ2) is 10.2. The minimum absolute atomic E-state index is 0. The Labute approximate surface area is 164 Å². The van der Waals surface area contributed by atoms with Crippen molar-refractivity contribution in [3.63, 3.8) is 0 Å². The third-order valence-corrected chi connectivity index (χ3v) is 4.86. The first-order chi connectivity index (χ1) is 11.0. The highest BCUT2D eigenvalue weighted by Gasteiger charge is 2.31. The lowest BCUT2D eigenvalue weighted by atomic mass is 10.1. The van der Waals surface area contributed by atoms with Gasteiger partial charge in [0.15, 0.2) is 5.96 Å². The predicted octanol–water partition coefficient (Wildman–Crippen LogP) is 3.26. The molecule has 0 bridgehead atoms. The zero-order chi connectivity index (χ0) is 16.8. The smallest absolute Gasteiger partial charge is 0.191 e. The van der Waals surface area contributed by atoms with Gasteiger partial charge in [-0.2, -0.15) is 0 Å². The van der Waals surface area contributed by atoms with E-state index in [-0.39, 0.29) is 24.0 Å². The van der Waals surface area contributed by atoms with Crippen molar-refractivity contribution in [1.29, 1.82) is 0 Å². The molecule has 136 valence electrons. The fourth-order valence-electron chi connectivity index (χ4n) is 3.24. The zero-order valence-corrected chi connectivity index (χ0v) is 18.0. The molecule has 1 aromatic rings. The first-order valence-electron chi connectivity index (χ1n) is 8.83. The molecule has 1 fully saturated rings. The van der Waals surface area contributed by atoms with Crippen molar-refractivity contribution in [3.05, 3.63) is 35.4 Å². The number of nitrogens with zero attached hydrogens (tertiary/aromatic N) is 2. The topological polar surface area (TPSA) is 39.7 Å². The molecule has 0 saturated carbocycles. The number of halogens is 1. The summed E-state index contributed by atoms with van der Waals surface area (Å²) in [5, 5.41) is 7.08. The molecular weight excluding hydrogens is 411 g/mol. The second-order valence-electron chi connectivity index (χ2n) is 6.82. The van der Waals surface area contributed by atoms with E-state index in [0.29, 0.717) is 18.0 Å². The highest BCUT2D eigenvalue weighted by molar-refractivity contribution is 14.0. The summed E-state index contributed by atoms with van der Waals surface area (Å²) in [6.07, 6.45) is 1.06. The average molecular weight is 444 g/mol. The number of aryl methyl sites for hydroxylation is 1. The van der Waals surface area contributed by atoms with Crippen LogP contribution in [0.2, 0.25) is 0 Å². The zero-order valence-electron chi connectivity index (χ0n) is 15.7. The first kappa shape index (κ1) is 21.2. The number of nitrogens with one attached hydrogen (secondary N) is 2. The Morgan fingerprint density at radius 3 is 2.46 bits per heavy atom. The number of guanidine groups is 1. The molecule has 0 amide bonds. The van der Waals surface area contributed by atoms with E-state index in [1.54, 1.807) is 0 Å². The van der Waals surface area contributed by atoms with Crippen LogP contribution in [0.3, 0.4) is 0 Å². The second-order valence-corrected chi connectivity index (χ2v) is 6.82. The SMILES string of the molecule is CCc1ccccc1CNC(=NC)NC1CN(C(C)C)CC1C.I. The summed E-state index contributed by atoms with van der Waals surface area (Å²) in [4.78, 5) is 6.93. The maximum absolute atomic E-state index is 4.40. The molecule has 0 aromatic heterocycles. The van der Waals surface area contributed by atoms with Crippen LogP contribution in [0, 0.1) is 5.92 Å². The van der Waals surface area contributed by atoms with Crippen LogP contribution in [0.5, 0.6) is 0 Å². The fraction of sp³-hybridized carbons (Fsp3) is 0.632. The van der Waals surface area contributed by atoms with Gasteiger partial charge in [-0.3, -0.25) is 9.89 Å². The Morgan fingerprint density at radius 2 is 1.92 bits per heavy atom. The molecule has 1 aliphatic rings. The van der Waals surface area contributed by atoms with Crippen LogP contribution in [0.15, 0.2) is 29.3 Å². The van der Waals surface area contributed by atoms with Crippen molar-refractivity contribution in [2.24, 2.45) is 10.9 Å². The highest BCUT2D eigenvalue weighted by atomic mass is 127. The van der Waals surface area contributed by atoms with Crippen LogP contribution in [-0.4, -0.2) is 43.1 Å². The lowest BCUT2D eigenvalue weighted by Crippen LogP contribution is -2.46. The van der Waals surface area contributed by atoms with Gasteiger partial charge in [0.1, 0.15) is 0 Å². The molecule has 2 N–H and O–H groups in total. The van der Waals surface area contributed by atoms with E-state index < -0.39 is 0 Å². The van der Waals surface area contributed by atoms with Gasteiger partial charge < -0.3 is 10.6 Å². The third kappa shape index (κ3) is 5.62. The number of hydrogen-bond acceptors (Lipinski definition) is 2. The molecule has 0 aliphatic carbocycles. The lowest BCUT2D eigenvalue weighted by molar-refractivity contribution is 0.265. The van der Waals surface area contributed by atoms with E-state index in [2.05, 4.69) is 72.5 Å². The summed E-state index contributed by atoms with van der Waals surface area (Å²) in [5.41, 5.74) is 2.75. The van der Waals surface area contributed by atoms with Crippen LogP contribution in [0.1, 0.15) is 38.8 Å². The summed E-state index contributed by atoms with van der Waals surface area (Å²) in [6, 6.07) is 9.67. The summed E-state index contributed by atoms with van der Waals surface area (Å²) in [5.74, 6) is 1.54. The van der Waals surface area contributed by atoms with Crippen molar-refractivity contribution >= 4 is 29.9 Å². The molecule has 1 aromatic carbocycles. The normalized spacial score (nSPS) is 21.7. The Bertz CT molecular complexity index is 530. The van der Waals surface area contributed by atoms with Crippen LogP contribution in [0.4, 0.5) is 0 Å². The summed E-state index contributed by atoms with van der Waals surface area (Å²) in [6.45, 7) is 12.1. The van der Waals surface area contributed by atoms with Crippen molar-refractivity contribution < 1.29 is 0 Å². The molecule has 1 heterocycles. The number of likely N-dealkylation sites (tertiary alicyclic amines) is 1. The van der Waals surface area contributed by atoms with Gasteiger partial charge in [-0.05, 0) is 37.3 Å². The van der Waals surface area contributed by atoms with Gasteiger partial charge in [-0.15, -0.1) is 24.0 Å². The Kier molecular flexibility index (Phi) is 9.05. The fourth-order valence-corrected chi connectivity index (χ4v) is 3.24. The van der Waals surface area contributed by atoms with Crippen LogP contribution < -0.4 is 10.6 Å². The van der Waals surface area contributed by atoms with Crippen LogP contribution in [0.25, 0.3) is 0 Å². The summed E-state index contributed by atoms with van der Waals surface area (Å²) < 4.78 is 0. The minimum Gasteiger partial charge on any atom is -0.352 e. The Morgan fingerprint density at radius 1 is 1.25 bits per heavy atom. The number of hydrogen-bond donors (Lipinski definition) is 2. The predicted molar refractivity (Wildman–Crippen MR) is 114 cm³/mol. The van der Waals surface area contributed by atoms with E-state index in [9.17, 15) is 0 Å².